The molecule has 0 saturated heterocycles. The molecule has 0 radical (unpaired) electrons. The van der Waals surface area contributed by atoms with Crippen LogP contribution in [0.15, 0.2) is 53.9 Å². The van der Waals surface area contributed by atoms with Gasteiger partial charge in [0.1, 0.15) is 12.4 Å². The Hall–Kier alpha value is -2.50. The third-order valence-corrected chi connectivity index (χ3v) is 5.79. The minimum Gasteiger partial charge on any atom is -0.494 e. The minimum atomic E-state index is 0.637. The first-order valence-electron chi connectivity index (χ1n) is 9.59. The number of methoxy groups -OCH3 is 1. The topological polar surface area (TPSA) is 30.9 Å². The quantitative estimate of drug-likeness (QED) is 0.573. The Labute approximate surface area is 170 Å². The van der Waals surface area contributed by atoms with Crippen LogP contribution in [0.1, 0.15) is 18.1 Å². The van der Waals surface area contributed by atoms with Gasteiger partial charge in [-0.05, 0) is 42.1 Å². The molecule has 1 aliphatic rings. The van der Waals surface area contributed by atoms with Crippen LogP contribution in [0.4, 0.5) is 0 Å². The zero-order valence-electron chi connectivity index (χ0n) is 16.3. The van der Waals surface area contributed by atoms with Crippen LogP contribution in [-0.4, -0.2) is 31.8 Å². The van der Waals surface area contributed by atoms with Crippen molar-refractivity contribution in [2.75, 3.05) is 26.9 Å². The lowest BCUT2D eigenvalue weighted by Gasteiger charge is -2.21. The Morgan fingerprint density at radius 1 is 1.11 bits per heavy atom. The Kier molecular flexibility index (Phi) is 5.84. The molecule has 2 heterocycles. The molecular formula is C23H25NO3S. The SMILES string of the molecule is CCOc1ccccc1CN1CCOc2c(cc(-c3cccs3)cc2OC)C1. The minimum absolute atomic E-state index is 0.637. The zero-order chi connectivity index (χ0) is 19.3. The highest BCUT2D eigenvalue weighted by Gasteiger charge is 2.21. The van der Waals surface area contributed by atoms with Crippen LogP contribution in [0.25, 0.3) is 10.4 Å². The summed E-state index contributed by atoms with van der Waals surface area (Å²) in [4.78, 5) is 3.64. The first-order valence-corrected chi connectivity index (χ1v) is 10.5. The maximum atomic E-state index is 6.09. The maximum absolute atomic E-state index is 6.09. The van der Waals surface area contributed by atoms with E-state index in [2.05, 4.69) is 46.7 Å². The summed E-state index contributed by atoms with van der Waals surface area (Å²) in [7, 11) is 1.71. The fourth-order valence-corrected chi connectivity index (χ4v) is 4.30. The van der Waals surface area contributed by atoms with Gasteiger partial charge in [-0.25, -0.2) is 0 Å². The second kappa shape index (κ2) is 8.67. The molecule has 3 aromatic rings. The number of thiophene rings is 1. The molecule has 5 heteroatoms. The highest BCUT2D eigenvalue weighted by atomic mass is 32.1. The molecule has 0 saturated carbocycles. The van der Waals surface area contributed by atoms with Crippen LogP contribution >= 0.6 is 11.3 Å². The van der Waals surface area contributed by atoms with Crippen LogP contribution in [0.3, 0.4) is 0 Å². The number of ether oxygens (including phenoxy) is 3. The van der Waals surface area contributed by atoms with E-state index in [0.29, 0.717) is 13.2 Å². The monoisotopic (exact) mass is 395 g/mol. The molecular weight excluding hydrogens is 370 g/mol. The highest BCUT2D eigenvalue weighted by molar-refractivity contribution is 7.13. The van der Waals surface area contributed by atoms with Gasteiger partial charge in [-0.15, -0.1) is 11.3 Å². The Balaban J connectivity index is 1.63. The molecule has 0 unspecified atom stereocenters. The molecule has 28 heavy (non-hydrogen) atoms. The van der Waals surface area contributed by atoms with Gasteiger partial charge in [-0.1, -0.05) is 24.3 Å². The number of hydrogen-bond donors (Lipinski definition) is 0. The first-order chi connectivity index (χ1) is 13.8. The van der Waals surface area contributed by atoms with E-state index in [4.69, 9.17) is 14.2 Å². The van der Waals surface area contributed by atoms with Crippen molar-refractivity contribution in [1.82, 2.24) is 4.90 Å². The van der Waals surface area contributed by atoms with Crippen LogP contribution in [0, 0.1) is 0 Å². The van der Waals surface area contributed by atoms with Crippen molar-refractivity contribution in [2.24, 2.45) is 0 Å². The van der Waals surface area contributed by atoms with Gasteiger partial charge in [0.2, 0.25) is 0 Å². The standard InChI is InChI=1S/C23H25NO3S/c1-3-26-20-8-5-4-7-17(20)15-24-10-11-27-23-19(16-24)13-18(14-21(23)25-2)22-9-6-12-28-22/h4-9,12-14H,3,10-11,15-16H2,1-2H3. The van der Waals surface area contributed by atoms with E-state index in [9.17, 15) is 0 Å². The smallest absolute Gasteiger partial charge is 0.165 e. The van der Waals surface area contributed by atoms with Crippen LogP contribution in [-0.2, 0) is 13.1 Å². The van der Waals surface area contributed by atoms with Crippen LogP contribution in [0.5, 0.6) is 17.2 Å². The summed E-state index contributed by atoms with van der Waals surface area (Å²) in [6, 6.07) is 16.8. The number of rotatable bonds is 6. The number of hydrogen-bond acceptors (Lipinski definition) is 5. The fraction of sp³-hybridized carbons (Fsp3) is 0.304. The van der Waals surface area contributed by atoms with Crippen LogP contribution in [0.2, 0.25) is 0 Å². The molecule has 0 fully saturated rings. The summed E-state index contributed by atoms with van der Waals surface area (Å²) in [5.74, 6) is 2.63. The number of para-hydroxylation sites is 1. The fourth-order valence-electron chi connectivity index (χ4n) is 3.58. The van der Waals surface area contributed by atoms with Crippen molar-refractivity contribution < 1.29 is 14.2 Å². The van der Waals surface area contributed by atoms with Crippen molar-refractivity contribution in [2.45, 2.75) is 20.0 Å². The Morgan fingerprint density at radius 2 is 2.00 bits per heavy atom. The van der Waals surface area contributed by atoms with E-state index in [1.54, 1.807) is 18.4 Å². The largest absolute Gasteiger partial charge is 0.494 e. The summed E-state index contributed by atoms with van der Waals surface area (Å²) >= 11 is 1.74. The molecule has 2 aromatic carbocycles. The lowest BCUT2D eigenvalue weighted by molar-refractivity contribution is 0.213. The van der Waals surface area contributed by atoms with E-state index in [-0.39, 0.29) is 0 Å². The molecule has 4 nitrogen and oxygen atoms in total. The van der Waals surface area contributed by atoms with E-state index in [1.807, 2.05) is 19.1 Å². The van der Waals surface area contributed by atoms with Crippen molar-refractivity contribution >= 4 is 11.3 Å². The summed E-state index contributed by atoms with van der Waals surface area (Å²) in [6.07, 6.45) is 0. The van der Waals surface area contributed by atoms with Crippen molar-refractivity contribution in [3.63, 3.8) is 0 Å². The summed E-state index contributed by atoms with van der Waals surface area (Å²) in [6.45, 7) is 5.82. The molecule has 1 aliphatic heterocycles. The maximum Gasteiger partial charge on any atom is 0.165 e. The first kappa shape index (κ1) is 18.8. The van der Waals surface area contributed by atoms with Crippen LogP contribution < -0.4 is 14.2 Å². The van der Waals surface area contributed by atoms with E-state index in [1.165, 1.54) is 16.0 Å². The lowest BCUT2D eigenvalue weighted by atomic mass is 10.1. The van der Waals surface area contributed by atoms with E-state index >= 15 is 0 Å². The average Bonchev–Trinajstić information content (AvgIpc) is 3.17. The van der Waals surface area contributed by atoms with Gasteiger partial charge in [0, 0.05) is 35.6 Å². The molecule has 146 valence electrons. The molecule has 0 aliphatic carbocycles. The van der Waals surface area contributed by atoms with Gasteiger partial charge in [-0.2, -0.15) is 0 Å². The van der Waals surface area contributed by atoms with Gasteiger partial charge in [-0.3, -0.25) is 4.90 Å². The number of nitrogens with zero attached hydrogens (tertiary/aromatic N) is 1. The third-order valence-electron chi connectivity index (χ3n) is 4.87. The Bertz CT molecular complexity index is 924. The highest BCUT2D eigenvalue weighted by Crippen LogP contribution is 2.39. The molecule has 0 atom stereocenters. The Morgan fingerprint density at radius 3 is 2.79 bits per heavy atom. The normalized spacial score (nSPS) is 14.1. The summed E-state index contributed by atoms with van der Waals surface area (Å²) in [5.41, 5.74) is 3.54. The second-order valence-electron chi connectivity index (χ2n) is 6.74. The summed E-state index contributed by atoms with van der Waals surface area (Å²) < 4.78 is 17.6. The predicted molar refractivity (Wildman–Crippen MR) is 114 cm³/mol. The van der Waals surface area contributed by atoms with Gasteiger partial charge in [0.25, 0.3) is 0 Å². The van der Waals surface area contributed by atoms with Gasteiger partial charge in [0.15, 0.2) is 11.5 Å². The van der Waals surface area contributed by atoms with Crippen molar-refractivity contribution in [1.29, 1.82) is 0 Å². The lowest BCUT2D eigenvalue weighted by Crippen LogP contribution is -2.25. The predicted octanol–water partition coefficient (Wildman–Crippen LogP) is 5.22. The third kappa shape index (κ3) is 4.01. The van der Waals surface area contributed by atoms with Gasteiger partial charge >= 0.3 is 0 Å². The van der Waals surface area contributed by atoms with E-state index in [0.717, 1.165) is 42.4 Å². The number of fused-ring (bicyclic) bond motifs is 1. The molecule has 0 N–H and O–H groups in total. The second-order valence-corrected chi connectivity index (χ2v) is 7.69. The number of benzene rings is 2. The molecule has 4 rings (SSSR count). The zero-order valence-corrected chi connectivity index (χ0v) is 17.1. The molecule has 0 spiro atoms. The molecule has 0 bridgehead atoms. The summed E-state index contributed by atoms with van der Waals surface area (Å²) in [5, 5.41) is 2.10. The molecule has 0 amide bonds. The van der Waals surface area contributed by atoms with Gasteiger partial charge < -0.3 is 14.2 Å². The molecule has 1 aromatic heterocycles. The van der Waals surface area contributed by atoms with Crippen molar-refractivity contribution in [3.05, 3.63) is 65.0 Å². The van der Waals surface area contributed by atoms with E-state index < -0.39 is 0 Å². The van der Waals surface area contributed by atoms with Gasteiger partial charge in [0.05, 0.1) is 13.7 Å². The average molecular weight is 396 g/mol. The van der Waals surface area contributed by atoms with Crippen molar-refractivity contribution in [3.8, 4) is 27.7 Å².